The first kappa shape index (κ1) is 17.3. The maximum Gasteiger partial charge on any atom is 0.208 e. The van der Waals surface area contributed by atoms with Gasteiger partial charge in [0.2, 0.25) is 5.79 Å². The molecule has 6 aliphatic rings. The first-order valence-electron chi connectivity index (χ1n) is 9.77. The molecule has 0 radical (unpaired) electrons. The van der Waals surface area contributed by atoms with Crippen molar-refractivity contribution < 1.29 is 30.0 Å². The maximum atomic E-state index is 13.3. The number of aliphatic hydroxyl groups excluding tert-OH is 3. The predicted octanol–water partition coefficient (Wildman–Crippen LogP) is 0.377. The average molecular weight is 364 g/mol. The SMILES string of the molecule is C=C1C(=O)[C@]23[C@H](O)[C@H]1CC[C@H]2[C@]12CCC[C@@](C)(CO)[C@H]1[C@H](O)[C@]3(O)OC2. The third-order valence-corrected chi connectivity index (χ3v) is 8.96. The number of fused-ring (bicyclic) bond motifs is 2. The van der Waals surface area contributed by atoms with Crippen LogP contribution in [-0.2, 0) is 9.53 Å². The van der Waals surface area contributed by atoms with Crippen LogP contribution < -0.4 is 0 Å². The maximum absolute atomic E-state index is 13.3. The third kappa shape index (κ3) is 1.44. The van der Waals surface area contributed by atoms with E-state index in [4.69, 9.17) is 4.74 Å². The number of Topliss-reactive ketones (excluding diaryl/α,β-unsaturated/α-hetero) is 1. The number of rotatable bonds is 1. The van der Waals surface area contributed by atoms with E-state index in [0.717, 1.165) is 19.3 Å². The van der Waals surface area contributed by atoms with Gasteiger partial charge in [0.25, 0.3) is 0 Å². The van der Waals surface area contributed by atoms with Crippen LogP contribution in [0.3, 0.4) is 0 Å². The van der Waals surface area contributed by atoms with Gasteiger partial charge >= 0.3 is 0 Å². The van der Waals surface area contributed by atoms with Gasteiger partial charge in [-0.2, -0.15) is 0 Å². The molecule has 2 saturated heterocycles. The molecule has 4 N–H and O–H groups in total. The number of ketones is 1. The second-order valence-electron chi connectivity index (χ2n) is 9.71. The second-order valence-corrected chi connectivity index (χ2v) is 9.71. The highest BCUT2D eigenvalue weighted by molar-refractivity contribution is 6.05. The van der Waals surface area contributed by atoms with Gasteiger partial charge in [-0.05, 0) is 42.6 Å². The summed E-state index contributed by atoms with van der Waals surface area (Å²) in [5.74, 6) is -3.49. The number of carbonyl (C=O) groups excluding carboxylic acids is 1. The molecule has 6 rings (SSSR count). The summed E-state index contributed by atoms with van der Waals surface area (Å²) >= 11 is 0. The van der Waals surface area contributed by atoms with Gasteiger partial charge in [0.15, 0.2) is 5.78 Å². The summed E-state index contributed by atoms with van der Waals surface area (Å²) in [6, 6.07) is 0. The highest BCUT2D eigenvalue weighted by Crippen LogP contribution is 2.76. The Bertz CT molecular complexity index is 706. The molecule has 6 heteroatoms. The Kier molecular flexibility index (Phi) is 3.19. The van der Waals surface area contributed by atoms with E-state index in [1.54, 1.807) is 0 Å². The topological polar surface area (TPSA) is 107 Å². The van der Waals surface area contributed by atoms with Gasteiger partial charge < -0.3 is 25.2 Å². The van der Waals surface area contributed by atoms with Crippen molar-refractivity contribution in [2.45, 2.75) is 57.0 Å². The molecule has 4 bridgehead atoms. The molecule has 4 saturated carbocycles. The van der Waals surface area contributed by atoms with Gasteiger partial charge in [-0.3, -0.25) is 4.79 Å². The van der Waals surface area contributed by atoms with Gasteiger partial charge in [-0.25, -0.2) is 0 Å². The fourth-order valence-electron chi connectivity index (χ4n) is 7.98. The van der Waals surface area contributed by atoms with Crippen molar-refractivity contribution in [3.63, 3.8) is 0 Å². The lowest BCUT2D eigenvalue weighted by Gasteiger charge is -2.74. The van der Waals surface area contributed by atoms with E-state index >= 15 is 0 Å². The lowest BCUT2D eigenvalue weighted by Crippen LogP contribution is -2.84. The summed E-state index contributed by atoms with van der Waals surface area (Å²) in [7, 11) is 0. The first-order chi connectivity index (χ1) is 12.2. The number of carbonyl (C=O) groups is 1. The van der Waals surface area contributed by atoms with E-state index in [0.29, 0.717) is 18.4 Å². The molecule has 0 amide bonds. The van der Waals surface area contributed by atoms with E-state index in [9.17, 15) is 25.2 Å². The van der Waals surface area contributed by atoms with Crippen LogP contribution in [0.1, 0.15) is 39.0 Å². The molecule has 0 aromatic carbocycles. The van der Waals surface area contributed by atoms with Crippen LogP contribution in [0.15, 0.2) is 12.2 Å². The monoisotopic (exact) mass is 364 g/mol. The van der Waals surface area contributed by atoms with Gasteiger partial charge in [0, 0.05) is 23.9 Å². The van der Waals surface area contributed by atoms with Gasteiger partial charge in [-0.1, -0.05) is 19.9 Å². The van der Waals surface area contributed by atoms with Crippen molar-refractivity contribution in [3.05, 3.63) is 12.2 Å². The molecular formula is C20H28O6. The molecule has 144 valence electrons. The van der Waals surface area contributed by atoms with Crippen molar-refractivity contribution in [2.75, 3.05) is 13.2 Å². The van der Waals surface area contributed by atoms with Crippen molar-refractivity contribution in [2.24, 2.45) is 34.0 Å². The Morgan fingerprint density at radius 3 is 2.65 bits per heavy atom. The number of ether oxygens (including phenoxy) is 1. The quantitative estimate of drug-likeness (QED) is 0.501. The van der Waals surface area contributed by atoms with Crippen molar-refractivity contribution in [1.82, 2.24) is 0 Å². The van der Waals surface area contributed by atoms with Crippen molar-refractivity contribution in [3.8, 4) is 0 Å². The minimum atomic E-state index is -2.13. The molecule has 6 fully saturated rings. The van der Waals surface area contributed by atoms with E-state index in [1.165, 1.54) is 0 Å². The van der Waals surface area contributed by atoms with Crippen LogP contribution in [0, 0.1) is 34.0 Å². The molecule has 26 heavy (non-hydrogen) atoms. The minimum Gasteiger partial charge on any atom is -0.396 e. The average Bonchev–Trinajstić information content (AvgIpc) is 2.73. The van der Waals surface area contributed by atoms with Gasteiger partial charge in [-0.15, -0.1) is 0 Å². The first-order valence-corrected chi connectivity index (χ1v) is 9.77. The zero-order valence-corrected chi connectivity index (χ0v) is 15.1. The van der Waals surface area contributed by atoms with Crippen LogP contribution in [0.25, 0.3) is 0 Å². The van der Waals surface area contributed by atoms with E-state index in [2.05, 4.69) is 6.58 Å². The zero-order valence-electron chi connectivity index (χ0n) is 15.1. The number of hydrogen-bond donors (Lipinski definition) is 4. The molecule has 0 aromatic rings. The van der Waals surface area contributed by atoms with Crippen LogP contribution in [0.5, 0.6) is 0 Å². The smallest absolute Gasteiger partial charge is 0.208 e. The van der Waals surface area contributed by atoms with Crippen molar-refractivity contribution >= 4 is 5.78 Å². The number of hydrogen-bond acceptors (Lipinski definition) is 6. The minimum absolute atomic E-state index is 0.0852. The summed E-state index contributed by atoms with van der Waals surface area (Å²) in [4.78, 5) is 13.3. The Morgan fingerprint density at radius 1 is 1.23 bits per heavy atom. The predicted molar refractivity (Wildman–Crippen MR) is 90.7 cm³/mol. The molecule has 2 spiro atoms. The van der Waals surface area contributed by atoms with Gasteiger partial charge in [0.1, 0.15) is 11.5 Å². The van der Waals surface area contributed by atoms with E-state index in [1.807, 2.05) is 6.92 Å². The van der Waals surface area contributed by atoms with Crippen LogP contribution in [0.2, 0.25) is 0 Å². The molecule has 2 heterocycles. The zero-order chi connectivity index (χ0) is 18.7. The summed E-state index contributed by atoms with van der Waals surface area (Å²) in [6.45, 7) is 6.03. The van der Waals surface area contributed by atoms with E-state index in [-0.39, 0.29) is 36.8 Å². The Morgan fingerprint density at radius 2 is 1.96 bits per heavy atom. The second kappa shape index (κ2) is 4.78. The Labute approximate surface area is 152 Å². The standard InChI is InChI=1S/C20H28O6/c1-10-11-4-5-12-18-7-3-6-17(2,8-21)13(18)16(24)20(25,26-9-18)19(12,14(10)22)15(11)23/h11-13,15-16,21,23-25H,1,3-9H2,2H3/t11-,12-,13+,15+,16-,17-,18+,19-,20-/m0/s1. The fourth-order valence-corrected chi connectivity index (χ4v) is 7.98. The summed E-state index contributed by atoms with van der Waals surface area (Å²) in [6.07, 6.45) is 1.34. The summed E-state index contributed by atoms with van der Waals surface area (Å²) in [5.41, 5.74) is -2.25. The molecule has 6 nitrogen and oxygen atoms in total. The van der Waals surface area contributed by atoms with Crippen LogP contribution >= 0.6 is 0 Å². The Hall–Kier alpha value is -0.790. The Balaban J connectivity index is 1.78. The van der Waals surface area contributed by atoms with Gasteiger partial charge in [0.05, 0.1) is 12.7 Å². The molecule has 0 aromatic heterocycles. The molecule has 4 aliphatic carbocycles. The van der Waals surface area contributed by atoms with E-state index < -0.39 is 34.2 Å². The normalized spacial score (nSPS) is 60.7. The largest absolute Gasteiger partial charge is 0.396 e. The van der Waals surface area contributed by atoms with Crippen LogP contribution in [0.4, 0.5) is 0 Å². The lowest BCUT2D eigenvalue weighted by atomic mass is 9.36. The summed E-state index contributed by atoms with van der Waals surface area (Å²) < 4.78 is 5.86. The molecule has 9 atom stereocenters. The highest BCUT2D eigenvalue weighted by atomic mass is 16.6. The fraction of sp³-hybridized carbons (Fsp3) is 0.850. The van der Waals surface area contributed by atoms with Crippen molar-refractivity contribution in [1.29, 1.82) is 0 Å². The molecule has 2 aliphatic heterocycles. The molecular weight excluding hydrogens is 336 g/mol. The highest BCUT2D eigenvalue weighted by Gasteiger charge is 2.85. The number of aliphatic hydroxyl groups is 4. The molecule has 0 unspecified atom stereocenters. The lowest BCUT2D eigenvalue weighted by molar-refractivity contribution is -0.450. The van der Waals surface area contributed by atoms with Crippen LogP contribution in [-0.4, -0.2) is 57.4 Å². The third-order valence-electron chi connectivity index (χ3n) is 8.96. The summed E-state index contributed by atoms with van der Waals surface area (Å²) in [5, 5.41) is 44.2.